The van der Waals surface area contributed by atoms with Crippen LogP contribution in [0.4, 0.5) is 5.69 Å². The number of aromatic nitrogens is 1. The molecule has 0 aliphatic heterocycles. The molecule has 0 saturated carbocycles. The van der Waals surface area contributed by atoms with Gasteiger partial charge in [-0.25, -0.2) is 4.98 Å². The summed E-state index contributed by atoms with van der Waals surface area (Å²) in [6.07, 6.45) is 0. The minimum absolute atomic E-state index is 0.0644. The zero-order chi connectivity index (χ0) is 13.8. The van der Waals surface area contributed by atoms with Crippen molar-refractivity contribution in [3.8, 4) is 5.75 Å². The molecule has 0 spiro atoms. The highest BCUT2D eigenvalue weighted by Gasteiger charge is 2.16. The van der Waals surface area contributed by atoms with Crippen LogP contribution >= 0.6 is 11.3 Å². The van der Waals surface area contributed by atoms with Crippen molar-refractivity contribution in [2.24, 2.45) is 5.73 Å². The molecular formula is C12H13N3O3S. The first-order valence-electron chi connectivity index (χ1n) is 5.61. The summed E-state index contributed by atoms with van der Waals surface area (Å²) in [5, 5.41) is 13.6. The van der Waals surface area contributed by atoms with Crippen molar-refractivity contribution in [1.82, 2.24) is 4.98 Å². The van der Waals surface area contributed by atoms with Crippen molar-refractivity contribution in [3.05, 3.63) is 50.0 Å². The molecular weight excluding hydrogens is 266 g/mol. The monoisotopic (exact) mass is 279 g/mol. The first-order valence-corrected chi connectivity index (χ1v) is 6.49. The second-order valence-corrected chi connectivity index (χ2v) is 4.88. The van der Waals surface area contributed by atoms with Crippen LogP contribution in [0.25, 0.3) is 0 Å². The van der Waals surface area contributed by atoms with E-state index >= 15 is 0 Å². The summed E-state index contributed by atoms with van der Waals surface area (Å²) in [7, 11) is 0. The summed E-state index contributed by atoms with van der Waals surface area (Å²) in [6.45, 7) is 2.41. The van der Waals surface area contributed by atoms with Crippen LogP contribution in [0.2, 0.25) is 0 Å². The highest BCUT2D eigenvalue weighted by molar-refractivity contribution is 7.09. The average molecular weight is 279 g/mol. The molecule has 2 N–H and O–H groups in total. The normalized spacial score (nSPS) is 10.4. The van der Waals surface area contributed by atoms with Crippen molar-refractivity contribution >= 4 is 17.0 Å². The minimum atomic E-state index is -0.470. The van der Waals surface area contributed by atoms with E-state index in [0.717, 1.165) is 16.3 Å². The van der Waals surface area contributed by atoms with Crippen LogP contribution in [0.3, 0.4) is 0 Å². The van der Waals surface area contributed by atoms with E-state index in [-0.39, 0.29) is 18.0 Å². The fourth-order valence-electron chi connectivity index (χ4n) is 1.56. The molecule has 2 aromatic rings. The Kier molecular flexibility index (Phi) is 4.08. The van der Waals surface area contributed by atoms with Crippen molar-refractivity contribution in [3.63, 3.8) is 0 Å². The van der Waals surface area contributed by atoms with Gasteiger partial charge in [0.15, 0.2) is 5.75 Å². The van der Waals surface area contributed by atoms with Crippen molar-refractivity contribution in [2.45, 2.75) is 20.1 Å². The predicted octanol–water partition coefficient (Wildman–Crippen LogP) is 2.40. The molecule has 0 aliphatic rings. The molecule has 6 nitrogen and oxygen atoms in total. The molecule has 0 bridgehead atoms. The Hall–Kier alpha value is -1.99. The molecule has 0 aliphatic carbocycles. The number of nitro groups is 1. The number of thiazole rings is 1. The lowest BCUT2D eigenvalue weighted by Crippen LogP contribution is -2.02. The Morgan fingerprint density at radius 2 is 2.32 bits per heavy atom. The maximum Gasteiger partial charge on any atom is 0.310 e. The lowest BCUT2D eigenvalue weighted by atomic mass is 10.2. The molecule has 0 saturated heterocycles. The van der Waals surface area contributed by atoms with Gasteiger partial charge in [0.05, 0.1) is 4.92 Å². The largest absolute Gasteiger partial charge is 0.479 e. The summed E-state index contributed by atoms with van der Waals surface area (Å²) in [6, 6.07) is 4.63. The van der Waals surface area contributed by atoms with Crippen LogP contribution in [0.1, 0.15) is 16.3 Å². The Morgan fingerprint density at radius 3 is 2.89 bits per heavy atom. The molecule has 7 heteroatoms. The van der Waals surface area contributed by atoms with E-state index in [1.807, 2.05) is 12.3 Å². The summed E-state index contributed by atoms with van der Waals surface area (Å²) >= 11 is 1.46. The summed E-state index contributed by atoms with van der Waals surface area (Å²) in [5.74, 6) is 0.223. The third-order valence-electron chi connectivity index (χ3n) is 2.47. The molecule has 1 aromatic carbocycles. The SMILES string of the molecule is Cc1csc(COc2cc(CN)ccc2[N+](=O)[O-])n1. The molecule has 0 unspecified atom stereocenters. The minimum Gasteiger partial charge on any atom is -0.479 e. The van der Waals surface area contributed by atoms with Crippen molar-refractivity contribution in [1.29, 1.82) is 0 Å². The summed E-state index contributed by atoms with van der Waals surface area (Å²) < 4.78 is 5.49. The van der Waals surface area contributed by atoms with E-state index in [2.05, 4.69) is 4.98 Å². The number of ether oxygens (including phenoxy) is 1. The molecule has 100 valence electrons. The van der Waals surface area contributed by atoms with Gasteiger partial charge in [0.2, 0.25) is 0 Å². The number of aryl methyl sites for hydroxylation is 1. The van der Waals surface area contributed by atoms with Gasteiger partial charge in [-0.3, -0.25) is 10.1 Å². The van der Waals surface area contributed by atoms with E-state index in [4.69, 9.17) is 10.5 Å². The van der Waals surface area contributed by atoms with Gasteiger partial charge < -0.3 is 10.5 Å². The van der Waals surface area contributed by atoms with Crippen LogP contribution in [0, 0.1) is 17.0 Å². The van der Waals surface area contributed by atoms with E-state index in [0.29, 0.717) is 6.54 Å². The Balaban J connectivity index is 2.19. The lowest BCUT2D eigenvalue weighted by molar-refractivity contribution is -0.386. The first kappa shape index (κ1) is 13.4. The third kappa shape index (κ3) is 3.27. The summed E-state index contributed by atoms with van der Waals surface area (Å²) in [4.78, 5) is 14.7. The maximum absolute atomic E-state index is 10.9. The van der Waals surface area contributed by atoms with E-state index in [1.165, 1.54) is 17.4 Å². The number of nitro benzene ring substituents is 1. The standard InChI is InChI=1S/C12H13N3O3S/c1-8-7-19-12(14-8)6-18-11-4-9(5-13)2-3-10(11)15(16)17/h2-4,7H,5-6,13H2,1H3. The second-order valence-electron chi connectivity index (χ2n) is 3.93. The quantitative estimate of drug-likeness (QED) is 0.670. The smallest absolute Gasteiger partial charge is 0.310 e. The number of hydrogen-bond donors (Lipinski definition) is 1. The van der Waals surface area contributed by atoms with Crippen LogP contribution in [0.5, 0.6) is 5.75 Å². The molecule has 0 amide bonds. The fourth-order valence-corrected chi connectivity index (χ4v) is 2.24. The van der Waals surface area contributed by atoms with Crippen molar-refractivity contribution < 1.29 is 9.66 Å². The van der Waals surface area contributed by atoms with Gasteiger partial charge in [-0.2, -0.15) is 0 Å². The van der Waals surface area contributed by atoms with Gasteiger partial charge in [0.1, 0.15) is 11.6 Å². The molecule has 19 heavy (non-hydrogen) atoms. The van der Waals surface area contributed by atoms with E-state index in [1.54, 1.807) is 12.1 Å². The van der Waals surface area contributed by atoms with Gasteiger partial charge in [0, 0.05) is 23.7 Å². The number of benzene rings is 1. The van der Waals surface area contributed by atoms with Crippen LogP contribution < -0.4 is 10.5 Å². The molecule has 0 atom stereocenters. The first-order chi connectivity index (χ1) is 9.10. The highest BCUT2D eigenvalue weighted by atomic mass is 32.1. The summed E-state index contributed by atoms with van der Waals surface area (Å²) in [5.41, 5.74) is 7.15. The molecule has 1 heterocycles. The number of rotatable bonds is 5. The van der Waals surface area contributed by atoms with Crippen LogP contribution in [-0.2, 0) is 13.2 Å². The van der Waals surface area contributed by atoms with Gasteiger partial charge in [-0.1, -0.05) is 6.07 Å². The second kappa shape index (κ2) is 5.77. The van der Waals surface area contributed by atoms with Gasteiger partial charge in [0.25, 0.3) is 0 Å². The van der Waals surface area contributed by atoms with Crippen LogP contribution in [-0.4, -0.2) is 9.91 Å². The Bertz CT molecular complexity index is 598. The molecule has 1 aromatic heterocycles. The predicted molar refractivity (Wildman–Crippen MR) is 72.2 cm³/mol. The number of hydrogen-bond acceptors (Lipinski definition) is 6. The Morgan fingerprint density at radius 1 is 1.53 bits per heavy atom. The molecule has 2 rings (SSSR count). The zero-order valence-electron chi connectivity index (χ0n) is 10.3. The lowest BCUT2D eigenvalue weighted by Gasteiger charge is -2.06. The van der Waals surface area contributed by atoms with Crippen molar-refractivity contribution in [2.75, 3.05) is 0 Å². The number of nitrogens with zero attached hydrogens (tertiary/aromatic N) is 2. The maximum atomic E-state index is 10.9. The van der Waals surface area contributed by atoms with Gasteiger partial charge in [-0.15, -0.1) is 11.3 Å². The molecule has 0 radical (unpaired) electrons. The van der Waals surface area contributed by atoms with Crippen LogP contribution in [0.15, 0.2) is 23.6 Å². The van der Waals surface area contributed by atoms with Gasteiger partial charge >= 0.3 is 5.69 Å². The fraction of sp³-hybridized carbons (Fsp3) is 0.250. The topological polar surface area (TPSA) is 91.3 Å². The third-order valence-corrected chi connectivity index (χ3v) is 3.41. The van der Waals surface area contributed by atoms with E-state index in [9.17, 15) is 10.1 Å². The molecule has 0 fully saturated rings. The number of nitrogens with two attached hydrogens (primary N) is 1. The Labute approximate surface area is 114 Å². The van der Waals surface area contributed by atoms with Gasteiger partial charge in [-0.05, 0) is 18.6 Å². The highest BCUT2D eigenvalue weighted by Crippen LogP contribution is 2.28. The van der Waals surface area contributed by atoms with E-state index < -0.39 is 4.92 Å². The average Bonchev–Trinajstić information content (AvgIpc) is 2.81. The zero-order valence-corrected chi connectivity index (χ0v) is 11.1.